The van der Waals surface area contributed by atoms with E-state index in [1.165, 1.54) is 0 Å². The van der Waals surface area contributed by atoms with Crippen LogP contribution in [0.1, 0.15) is 20.7 Å². The molecule has 5 nitrogen and oxygen atoms in total. The first kappa shape index (κ1) is 15.8. The van der Waals surface area contributed by atoms with E-state index in [0.717, 1.165) is 0 Å². The molecule has 0 aromatic heterocycles. The molecule has 2 aliphatic rings. The minimum Gasteiger partial charge on any atom is -0.462 e. The van der Waals surface area contributed by atoms with Crippen LogP contribution in [0.25, 0.3) is 0 Å². The molecule has 2 fully saturated rings. The SMILES string of the molecule is O=C(OC[C@@H]1[C@@H](COC(=O)c2ccccc2)C12CO2)c1ccccc1. The van der Waals surface area contributed by atoms with E-state index in [2.05, 4.69) is 0 Å². The van der Waals surface area contributed by atoms with Gasteiger partial charge in [0, 0.05) is 11.8 Å². The molecular formula is C20H18O5. The van der Waals surface area contributed by atoms with Gasteiger partial charge in [-0.2, -0.15) is 0 Å². The van der Waals surface area contributed by atoms with Crippen molar-refractivity contribution in [2.75, 3.05) is 19.8 Å². The number of epoxide rings is 1. The lowest BCUT2D eigenvalue weighted by atomic mass is 10.2. The summed E-state index contributed by atoms with van der Waals surface area (Å²) in [7, 11) is 0. The van der Waals surface area contributed by atoms with Crippen LogP contribution in [0.15, 0.2) is 60.7 Å². The van der Waals surface area contributed by atoms with E-state index in [0.29, 0.717) is 17.7 Å². The Bertz CT molecular complexity index is 704. The zero-order valence-electron chi connectivity index (χ0n) is 13.6. The van der Waals surface area contributed by atoms with E-state index in [1.54, 1.807) is 48.5 Å². The van der Waals surface area contributed by atoms with Gasteiger partial charge in [-0.25, -0.2) is 9.59 Å². The third-order valence-corrected chi connectivity index (χ3v) is 4.92. The van der Waals surface area contributed by atoms with Crippen LogP contribution in [0, 0.1) is 11.8 Å². The molecule has 2 aromatic rings. The second-order valence-electron chi connectivity index (χ2n) is 6.39. The van der Waals surface area contributed by atoms with Crippen LogP contribution < -0.4 is 0 Å². The van der Waals surface area contributed by atoms with Gasteiger partial charge in [-0.1, -0.05) is 36.4 Å². The number of carbonyl (C=O) groups is 2. The van der Waals surface area contributed by atoms with E-state index in [4.69, 9.17) is 14.2 Å². The lowest BCUT2D eigenvalue weighted by molar-refractivity contribution is 0.0419. The van der Waals surface area contributed by atoms with Gasteiger partial charge in [0.2, 0.25) is 0 Å². The minimum absolute atomic E-state index is 0.0868. The Morgan fingerprint density at radius 3 is 1.60 bits per heavy atom. The number of rotatable bonds is 6. The van der Waals surface area contributed by atoms with Crippen molar-refractivity contribution in [2.45, 2.75) is 5.60 Å². The molecule has 1 saturated carbocycles. The summed E-state index contributed by atoms with van der Waals surface area (Å²) in [5.74, 6) is -0.515. The average molecular weight is 338 g/mol. The average Bonchev–Trinajstić information content (AvgIpc) is 3.57. The molecule has 1 aliphatic heterocycles. The van der Waals surface area contributed by atoms with E-state index in [1.807, 2.05) is 12.1 Å². The van der Waals surface area contributed by atoms with E-state index >= 15 is 0 Å². The second-order valence-corrected chi connectivity index (χ2v) is 6.39. The number of carbonyl (C=O) groups excluding carboxylic acids is 2. The Morgan fingerprint density at radius 1 is 0.840 bits per heavy atom. The molecule has 5 heteroatoms. The fraction of sp³-hybridized carbons (Fsp3) is 0.300. The first-order valence-electron chi connectivity index (χ1n) is 8.29. The highest BCUT2D eigenvalue weighted by Crippen LogP contribution is 2.62. The van der Waals surface area contributed by atoms with Gasteiger partial charge in [0.25, 0.3) is 0 Å². The van der Waals surface area contributed by atoms with E-state index in [9.17, 15) is 9.59 Å². The van der Waals surface area contributed by atoms with Crippen molar-refractivity contribution in [3.63, 3.8) is 0 Å². The first-order valence-corrected chi connectivity index (χ1v) is 8.29. The number of hydrogen-bond acceptors (Lipinski definition) is 5. The lowest BCUT2D eigenvalue weighted by Gasteiger charge is -2.05. The normalized spacial score (nSPS) is 26.1. The predicted molar refractivity (Wildman–Crippen MR) is 89.1 cm³/mol. The molecule has 1 heterocycles. The zero-order chi connectivity index (χ0) is 17.3. The van der Waals surface area contributed by atoms with Gasteiger partial charge in [0.1, 0.15) is 5.60 Å². The number of esters is 2. The Morgan fingerprint density at radius 2 is 1.24 bits per heavy atom. The molecule has 0 N–H and O–H groups in total. The molecule has 1 spiro atoms. The summed E-state index contributed by atoms with van der Waals surface area (Å²) in [6.45, 7) is 1.19. The van der Waals surface area contributed by atoms with Crippen LogP contribution in [0.2, 0.25) is 0 Å². The monoisotopic (exact) mass is 338 g/mol. The largest absolute Gasteiger partial charge is 0.462 e. The smallest absolute Gasteiger partial charge is 0.338 e. The molecule has 25 heavy (non-hydrogen) atoms. The molecule has 0 unspecified atom stereocenters. The van der Waals surface area contributed by atoms with Crippen LogP contribution in [0.5, 0.6) is 0 Å². The molecule has 128 valence electrons. The Kier molecular flexibility index (Phi) is 4.01. The third-order valence-electron chi connectivity index (χ3n) is 4.92. The van der Waals surface area contributed by atoms with Crippen molar-refractivity contribution in [3.8, 4) is 0 Å². The van der Waals surface area contributed by atoms with Crippen molar-refractivity contribution in [2.24, 2.45) is 11.8 Å². The van der Waals surface area contributed by atoms with Crippen molar-refractivity contribution < 1.29 is 23.8 Å². The molecule has 2 aromatic carbocycles. The maximum atomic E-state index is 12.0. The van der Waals surface area contributed by atoms with Crippen LogP contribution in [-0.2, 0) is 14.2 Å². The van der Waals surface area contributed by atoms with Gasteiger partial charge in [0.15, 0.2) is 0 Å². The molecule has 0 bridgehead atoms. The molecule has 4 rings (SSSR count). The molecular weight excluding hydrogens is 320 g/mol. The van der Waals surface area contributed by atoms with Crippen molar-refractivity contribution in [1.29, 1.82) is 0 Å². The van der Waals surface area contributed by atoms with Gasteiger partial charge in [-0.05, 0) is 24.3 Å². The highest BCUT2D eigenvalue weighted by atomic mass is 16.6. The van der Waals surface area contributed by atoms with Crippen molar-refractivity contribution in [1.82, 2.24) is 0 Å². The minimum atomic E-state index is -0.344. The summed E-state index contributed by atoms with van der Waals surface area (Å²) in [5.41, 5.74) is 0.801. The van der Waals surface area contributed by atoms with Crippen LogP contribution in [0.4, 0.5) is 0 Å². The van der Waals surface area contributed by atoms with Gasteiger partial charge in [-0.15, -0.1) is 0 Å². The maximum absolute atomic E-state index is 12.0. The fourth-order valence-corrected chi connectivity index (χ4v) is 3.25. The predicted octanol–water partition coefficient (Wildman–Crippen LogP) is 2.72. The van der Waals surface area contributed by atoms with Gasteiger partial charge in [0.05, 0.1) is 30.9 Å². The maximum Gasteiger partial charge on any atom is 0.338 e. The van der Waals surface area contributed by atoms with Crippen LogP contribution >= 0.6 is 0 Å². The zero-order valence-corrected chi connectivity index (χ0v) is 13.6. The Hall–Kier alpha value is -2.66. The van der Waals surface area contributed by atoms with Crippen molar-refractivity contribution in [3.05, 3.63) is 71.8 Å². The summed E-state index contributed by atoms with van der Waals surface area (Å²) in [6.07, 6.45) is 0. The van der Waals surface area contributed by atoms with Gasteiger partial charge in [-0.3, -0.25) is 0 Å². The van der Waals surface area contributed by atoms with Crippen LogP contribution in [0.3, 0.4) is 0 Å². The molecule has 1 saturated heterocycles. The van der Waals surface area contributed by atoms with E-state index < -0.39 is 0 Å². The number of hydrogen-bond donors (Lipinski definition) is 0. The number of benzene rings is 2. The number of ether oxygens (including phenoxy) is 3. The summed E-state index contributed by atoms with van der Waals surface area (Å²) in [6, 6.07) is 17.8. The highest BCUT2D eigenvalue weighted by molar-refractivity contribution is 5.89. The Labute approximate surface area is 145 Å². The summed E-state index contributed by atoms with van der Waals surface area (Å²) in [4.78, 5) is 24.0. The van der Waals surface area contributed by atoms with Crippen LogP contribution in [-0.4, -0.2) is 37.4 Å². The van der Waals surface area contributed by atoms with Gasteiger partial charge >= 0.3 is 11.9 Å². The molecule has 0 amide bonds. The second kappa shape index (κ2) is 6.33. The summed E-state index contributed by atoms with van der Waals surface area (Å²) in [5, 5.41) is 0. The van der Waals surface area contributed by atoms with Gasteiger partial charge < -0.3 is 14.2 Å². The quantitative estimate of drug-likeness (QED) is 0.598. The van der Waals surface area contributed by atoms with E-state index in [-0.39, 0.29) is 42.6 Å². The lowest BCUT2D eigenvalue weighted by Crippen LogP contribution is -2.11. The summed E-state index contributed by atoms with van der Waals surface area (Å²) >= 11 is 0. The standard InChI is InChI=1S/C20H18O5/c21-18(14-7-3-1-4-8-14)23-11-16-17(20(16)13-25-20)12-24-19(22)15-9-5-2-6-10-15/h1-10,16-17H,11-13H2/t16-,17-/m1/s1. The fourth-order valence-electron chi connectivity index (χ4n) is 3.25. The topological polar surface area (TPSA) is 65.1 Å². The summed E-state index contributed by atoms with van der Waals surface area (Å²) < 4.78 is 16.3. The highest BCUT2D eigenvalue weighted by Gasteiger charge is 2.75. The van der Waals surface area contributed by atoms with Crippen molar-refractivity contribution >= 4 is 11.9 Å². The third kappa shape index (κ3) is 3.15. The molecule has 2 atom stereocenters. The first-order chi connectivity index (χ1) is 12.2. The molecule has 1 aliphatic carbocycles. The Balaban J connectivity index is 1.28. The molecule has 0 radical (unpaired) electrons.